The number of thiazole rings is 1. The summed E-state index contributed by atoms with van der Waals surface area (Å²) in [5.41, 5.74) is 2.56. The van der Waals surface area contributed by atoms with Crippen molar-refractivity contribution >= 4 is 16.3 Å². The topological polar surface area (TPSA) is 62.9 Å². The van der Waals surface area contributed by atoms with Gasteiger partial charge in [0.2, 0.25) is 10.8 Å². The first-order valence-corrected chi connectivity index (χ1v) is 12.5. The number of hydrogen-bond acceptors (Lipinski definition) is 6. The molecule has 0 spiro atoms. The van der Waals surface area contributed by atoms with Crippen molar-refractivity contribution in [3.63, 3.8) is 0 Å². The summed E-state index contributed by atoms with van der Waals surface area (Å²) < 4.78 is 7.22. The lowest BCUT2D eigenvalue weighted by molar-refractivity contribution is 0.150. The Kier molecular flexibility index (Phi) is 6.33. The second-order valence-corrected chi connectivity index (χ2v) is 9.73. The van der Waals surface area contributed by atoms with Crippen molar-refractivity contribution in [1.29, 1.82) is 0 Å². The van der Waals surface area contributed by atoms with Crippen LogP contribution in [0.3, 0.4) is 0 Å². The van der Waals surface area contributed by atoms with E-state index in [1.807, 2.05) is 26.0 Å². The molecule has 5 rings (SSSR count). The molecule has 0 amide bonds. The Labute approximate surface area is 198 Å². The van der Waals surface area contributed by atoms with Gasteiger partial charge in [0.1, 0.15) is 11.6 Å². The smallest absolute Gasteiger partial charge is 0.230 e. The quantitative estimate of drug-likeness (QED) is 0.407. The highest BCUT2D eigenvalue weighted by atomic mass is 32.1. The lowest BCUT2D eigenvalue weighted by Gasteiger charge is -2.37. The van der Waals surface area contributed by atoms with E-state index >= 15 is 0 Å². The summed E-state index contributed by atoms with van der Waals surface area (Å²) in [4.78, 5) is 8.61. The Balaban J connectivity index is 1.41. The molecule has 6 nitrogen and oxygen atoms in total. The number of fused-ring (bicyclic) bond motifs is 1. The van der Waals surface area contributed by atoms with Gasteiger partial charge < -0.3 is 9.84 Å². The van der Waals surface area contributed by atoms with E-state index in [1.165, 1.54) is 16.9 Å². The van der Waals surface area contributed by atoms with Gasteiger partial charge in [-0.1, -0.05) is 53.8 Å². The normalized spacial score (nSPS) is 16.3. The Bertz CT molecular complexity index is 1190. The molecule has 1 atom stereocenters. The largest absolute Gasteiger partial charge is 0.494 e. The van der Waals surface area contributed by atoms with Crippen molar-refractivity contribution in [2.24, 2.45) is 5.92 Å². The second kappa shape index (κ2) is 9.53. The second-order valence-electron chi connectivity index (χ2n) is 8.72. The Hall–Kier alpha value is -2.90. The number of ether oxygens (including phenoxy) is 1. The minimum absolute atomic E-state index is 0.0350. The van der Waals surface area contributed by atoms with Crippen molar-refractivity contribution in [2.75, 3.05) is 19.7 Å². The van der Waals surface area contributed by atoms with Crippen LogP contribution in [-0.4, -0.2) is 44.3 Å². The number of likely N-dealkylation sites (tertiary alicyclic amines) is 1. The Morgan fingerprint density at radius 3 is 2.48 bits per heavy atom. The average molecular weight is 463 g/mol. The van der Waals surface area contributed by atoms with Crippen LogP contribution in [0.2, 0.25) is 0 Å². The number of aryl methyl sites for hydroxylation is 1. The van der Waals surface area contributed by atoms with Gasteiger partial charge >= 0.3 is 0 Å². The van der Waals surface area contributed by atoms with Crippen LogP contribution in [-0.2, 0) is 6.42 Å². The molecule has 0 aliphatic carbocycles. The third-order valence-corrected chi connectivity index (χ3v) is 7.51. The van der Waals surface area contributed by atoms with E-state index in [2.05, 4.69) is 57.4 Å². The number of benzene rings is 2. The van der Waals surface area contributed by atoms with E-state index in [4.69, 9.17) is 4.74 Å². The van der Waals surface area contributed by atoms with Crippen molar-refractivity contribution in [1.82, 2.24) is 19.5 Å². The van der Waals surface area contributed by atoms with Gasteiger partial charge in [0.15, 0.2) is 0 Å². The predicted octanol–water partition coefficient (Wildman–Crippen LogP) is 5.25. The number of aromatic nitrogens is 3. The lowest BCUT2D eigenvalue weighted by atomic mass is 9.89. The van der Waals surface area contributed by atoms with Crippen LogP contribution >= 0.6 is 11.3 Å². The van der Waals surface area contributed by atoms with Gasteiger partial charge in [0.05, 0.1) is 17.5 Å². The van der Waals surface area contributed by atoms with E-state index in [1.54, 1.807) is 4.52 Å². The molecule has 0 radical (unpaired) electrons. The number of hydrogen-bond donors (Lipinski definition) is 1. The molecule has 33 heavy (non-hydrogen) atoms. The molecule has 7 heteroatoms. The SMILES string of the molecule is CCOc1ccc([C@H](c2sc3nc(C)nn3c2O)N2CCC(Cc3ccccc3)CC2)cc1. The zero-order valence-electron chi connectivity index (χ0n) is 19.1. The minimum atomic E-state index is -0.0350. The zero-order chi connectivity index (χ0) is 22.8. The number of aromatic hydroxyl groups is 1. The van der Waals surface area contributed by atoms with E-state index in [9.17, 15) is 5.11 Å². The van der Waals surface area contributed by atoms with Gasteiger partial charge in [-0.25, -0.2) is 4.98 Å². The first kappa shape index (κ1) is 21.9. The highest BCUT2D eigenvalue weighted by Gasteiger charge is 2.32. The summed E-state index contributed by atoms with van der Waals surface area (Å²) in [6, 6.07) is 19.0. The molecule has 2 aromatic carbocycles. The summed E-state index contributed by atoms with van der Waals surface area (Å²) in [5.74, 6) is 2.41. The van der Waals surface area contributed by atoms with E-state index in [-0.39, 0.29) is 11.9 Å². The van der Waals surface area contributed by atoms with Crippen LogP contribution in [0, 0.1) is 12.8 Å². The highest BCUT2D eigenvalue weighted by molar-refractivity contribution is 7.17. The summed E-state index contributed by atoms with van der Waals surface area (Å²) in [7, 11) is 0. The highest BCUT2D eigenvalue weighted by Crippen LogP contribution is 2.41. The lowest BCUT2D eigenvalue weighted by Crippen LogP contribution is -2.37. The molecule has 172 valence electrons. The molecule has 0 saturated carbocycles. The van der Waals surface area contributed by atoms with E-state index in [0.717, 1.165) is 53.5 Å². The van der Waals surface area contributed by atoms with Gasteiger partial charge in [-0.2, -0.15) is 4.52 Å². The van der Waals surface area contributed by atoms with Gasteiger partial charge in [0, 0.05) is 0 Å². The molecular formula is C26H30N4O2S. The third-order valence-electron chi connectivity index (χ3n) is 6.44. The molecule has 0 unspecified atom stereocenters. The van der Waals surface area contributed by atoms with Crippen LogP contribution in [0.15, 0.2) is 54.6 Å². The number of nitrogens with zero attached hydrogens (tertiary/aromatic N) is 4. The Morgan fingerprint density at radius 2 is 1.82 bits per heavy atom. The van der Waals surface area contributed by atoms with Crippen LogP contribution in [0.1, 0.15) is 47.6 Å². The summed E-state index contributed by atoms with van der Waals surface area (Å²) in [6.45, 7) is 6.46. The number of piperidine rings is 1. The van der Waals surface area contributed by atoms with Gasteiger partial charge in [-0.05, 0) is 75.4 Å². The first-order chi connectivity index (χ1) is 16.1. The number of rotatable bonds is 7. The molecule has 2 aromatic heterocycles. The standard InChI is InChI=1S/C26H30N4O2S/c1-3-32-22-11-9-21(10-12-22)23(24-25(31)30-26(33-24)27-18(2)28-30)29-15-13-20(14-16-29)17-19-7-5-4-6-8-19/h4-12,20,23,31H,3,13-17H2,1-2H3/t23-/m1/s1. The van der Waals surface area contributed by atoms with E-state index < -0.39 is 0 Å². The van der Waals surface area contributed by atoms with E-state index in [0.29, 0.717) is 18.3 Å². The van der Waals surface area contributed by atoms with Crippen molar-refractivity contribution in [3.05, 3.63) is 76.4 Å². The summed E-state index contributed by atoms with van der Waals surface area (Å²) in [5, 5.41) is 15.4. The maximum absolute atomic E-state index is 11.1. The van der Waals surface area contributed by atoms with Gasteiger partial charge in [-0.15, -0.1) is 5.10 Å². The summed E-state index contributed by atoms with van der Waals surface area (Å²) >= 11 is 1.53. The fraction of sp³-hybridized carbons (Fsp3) is 0.385. The first-order valence-electron chi connectivity index (χ1n) is 11.7. The van der Waals surface area contributed by atoms with Gasteiger partial charge in [-0.3, -0.25) is 4.90 Å². The summed E-state index contributed by atoms with van der Waals surface area (Å²) in [6.07, 6.45) is 3.41. The van der Waals surface area contributed by atoms with Crippen molar-refractivity contribution in [2.45, 2.75) is 39.2 Å². The van der Waals surface area contributed by atoms with Crippen LogP contribution in [0.5, 0.6) is 11.6 Å². The van der Waals surface area contributed by atoms with Crippen molar-refractivity contribution in [3.8, 4) is 11.6 Å². The van der Waals surface area contributed by atoms with Crippen molar-refractivity contribution < 1.29 is 9.84 Å². The average Bonchev–Trinajstić information content (AvgIpc) is 3.34. The fourth-order valence-corrected chi connectivity index (χ4v) is 5.99. The molecular weight excluding hydrogens is 432 g/mol. The van der Waals surface area contributed by atoms with Gasteiger partial charge in [0.25, 0.3) is 0 Å². The molecule has 1 N–H and O–H groups in total. The molecule has 1 aliphatic rings. The zero-order valence-corrected chi connectivity index (χ0v) is 20.0. The van der Waals surface area contributed by atoms with Crippen LogP contribution < -0.4 is 4.74 Å². The monoisotopic (exact) mass is 462 g/mol. The maximum Gasteiger partial charge on any atom is 0.230 e. The predicted molar refractivity (Wildman–Crippen MR) is 131 cm³/mol. The molecule has 4 aromatic rings. The Morgan fingerprint density at radius 1 is 1.09 bits per heavy atom. The van der Waals surface area contributed by atoms with Crippen LogP contribution in [0.4, 0.5) is 0 Å². The molecule has 1 saturated heterocycles. The minimum Gasteiger partial charge on any atom is -0.494 e. The fourth-order valence-electron chi connectivity index (χ4n) is 4.83. The molecule has 1 aliphatic heterocycles. The maximum atomic E-state index is 11.1. The third kappa shape index (κ3) is 4.61. The molecule has 1 fully saturated rings. The molecule has 3 heterocycles. The van der Waals surface area contributed by atoms with Crippen LogP contribution in [0.25, 0.3) is 4.96 Å². The molecule has 0 bridgehead atoms.